The fraction of sp³-hybridized carbons (Fsp3) is 0.632. The van der Waals surface area contributed by atoms with Crippen LogP contribution in [0.15, 0.2) is 9.95 Å². The number of aryl methyl sites for hydroxylation is 2. The molecule has 0 radical (unpaired) electrons. The second-order valence-corrected chi connectivity index (χ2v) is 9.25. The zero-order chi connectivity index (χ0) is 18.8. The van der Waals surface area contributed by atoms with Crippen molar-refractivity contribution < 1.29 is 4.79 Å². The number of carbonyl (C=O) groups excluding carboxylic acids is 1. The number of hydrogen-bond donors (Lipinski definition) is 1. The Bertz CT molecular complexity index is 870. The monoisotopic (exact) mass is 393 g/mol. The molecule has 142 valence electrons. The first-order chi connectivity index (χ1) is 12.4. The molecule has 0 aliphatic heterocycles. The van der Waals surface area contributed by atoms with E-state index in [2.05, 4.69) is 19.2 Å². The van der Waals surface area contributed by atoms with Gasteiger partial charge in [0.1, 0.15) is 4.83 Å². The van der Waals surface area contributed by atoms with Crippen LogP contribution < -0.4 is 10.9 Å². The first-order valence-electron chi connectivity index (χ1n) is 9.39. The quantitative estimate of drug-likeness (QED) is 0.601. The molecular weight excluding hydrogens is 366 g/mol. The molecule has 0 spiro atoms. The average Bonchev–Trinajstić information content (AvgIpc) is 2.98. The smallest absolute Gasteiger partial charge is 0.263 e. The predicted octanol–water partition coefficient (Wildman–Crippen LogP) is 3.61. The van der Waals surface area contributed by atoms with Crippen LogP contribution in [0.4, 0.5) is 0 Å². The molecule has 1 aliphatic rings. The van der Waals surface area contributed by atoms with E-state index in [9.17, 15) is 9.59 Å². The van der Waals surface area contributed by atoms with E-state index < -0.39 is 0 Å². The Labute approximate surface area is 162 Å². The summed E-state index contributed by atoms with van der Waals surface area (Å²) in [5, 5.41) is 4.47. The van der Waals surface area contributed by atoms with E-state index in [1.54, 1.807) is 15.9 Å². The SMILES string of the molecule is CCn1c(SCC(=O)N[C@@H](C)C(C)C)nc2sc3c(c2c1=O)CCCC3. The summed E-state index contributed by atoms with van der Waals surface area (Å²) in [7, 11) is 0. The molecule has 1 amide bonds. The van der Waals surface area contributed by atoms with Gasteiger partial charge in [-0.15, -0.1) is 11.3 Å². The maximum Gasteiger partial charge on any atom is 0.263 e. The van der Waals surface area contributed by atoms with Gasteiger partial charge in [-0.2, -0.15) is 0 Å². The molecule has 1 N–H and O–H groups in total. The second-order valence-electron chi connectivity index (χ2n) is 7.22. The number of rotatable bonds is 6. The minimum atomic E-state index is -0.0151. The third-order valence-corrected chi connectivity index (χ3v) is 7.24. The molecule has 0 unspecified atom stereocenters. The lowest BCUT2D eigenvalue weighted by Crippen LogP contribution is -2.37. The summed E-state index contributed by atoms with van der Waals surface area (Å²) in [6.45, 7) is 8.70. The van der Waals surface area contributed by atoms with Gasteiger partial charge in [0.05, 0.1) is 11.1 Å². The predicted molar refractivity (Wildman–Crippen MR) is 109 cm³/mol. The number of thioether (sulfide) groups is 1. The van der Waals surface area contributed by atoms with Crippen molar-refractivity contribution in [3.05, 3.63) is 20.8 Å². The third-order valence-electron chi connectivity index (χ3n) is 5.08. The standard InChI is InChI=1S/C19H27N3O2S2/c1-5-22-18(24)16-13-8-6-7-9-14(13)26-17(16)21-19(22)25-10-15(23)20-12(4)11(2)3/h11-12H,5-10H2,1-4H3,(H,20,23)/t12-/m0/s1. The topological polar surface area (TPSA) is 64.0 Å². The lowest BCUT2D eigenvalue weighted by molar-refractivity contribution is -0.119. The van der Waals surface area contributed by atoms with Gasteiger partial charge in [0.15, 0.2) is 5.16 Å². The highest BCUT2D eigenvalue weighted by atomic mass is 32.2. The molecule has 0 fully saturated rings. The minimum absolute atomic E-state index is 0.0151. The summed E-state index contributed by atoms with van der Waals surface area (Å²) >= 11 is 3.01. The number of nitrogens with zero attached hydrogens (tertiary/aromatic N) is 2. The first-order valence-corrected chi connectivity index (χ1v) is 11.2. The Morgan fingerprint density at radius 3 is 2.73 bits per heavy atom. The van der Waals surface area contributed by atoms with Crippen molar-refractivity contribution in [1.82, 2.24) is 14.9 Å². The molecule has 0 bridgehead atoms. The van der Waals surface area contributed by atoms with Crippen molar-refractivity contribution in [2.75, 3.05) is 5.75 Å². The molecule has 2 aromatic heterocycles. The fourth-order valence-electron chi connectivity index (χ4n) is 3.20. The van der Waals surface area contributed by atoms with Crippen LogP contribution in [0.2, 0.25) is 0 Å². The van der Waals surface area contributed by atoms with Gasteiger partial charge >= 0.3 is 0 Å². The summed E-state index contributed by atoms with van der Waals surface area (Å²) in [6, 6.07) is 0.135. The molecular formula is C19H27N3O2S2. The second kappa shape index (κ2) is 8.13. The van der Waals surface area contributed by atoms with Crippen molar-refractivity contribution in [2.45, 2.75) is 71.1 Å². The van der Waals surface area contributed by atoms with Crippen LogP contribution in [0.5, 0.6) is 0 Å². The van der Waals surface area contributed by atoms with Crippen LogP contribution in [0.1, 0.15) is 51.0 Å². The Kier molecular flexibility index (Phi) is 6.07. The van der Waals surface area contributed by atoms with Crippen LogP contribution in [0.25, 0.3) is 10.2 Å². The molecule has 26 heavy (non-hydrogen) atoms. The lowest BCUT2D eigenvalue weighted by atomic mass is 9.97. The number of fused-ring (bicyclic) bond motifs is 3. The summed E-state index contributed by atoms with van der Waals surface area (Å²) < 4.78 is 1.72. The zero-order valence-electron chi connectivity index (χ0n) is 15.9. The molecule has 0 aromatic carbocycles. The van der Waals surface area contributed by atoms with Gasteiger partial charge in [-0.05, 0) is 51.0 Å². The van der Waals surface area contributed by atoms with Crippen LogP contribution in [0.3, 0.4) is 0 Å². The molecule has 2 aromatic rings. The molecule has 0 saturated carbocycles. The molecule has 3 rings (SSSR count). The van der Waals surface area contributed by atoms with Crippen LogP contribution in [-0.4, -0.2) is 27.3 Å². The van der Waals surface area contributed by atoms with Crippen molar-refractivity contribution in [2.24, 2.45) is 5.92 Å². The van der Waals surface area contributed by atoms with Crippen molar-refractivity contribution in [3.8, 4) is 0 Å². The number of nitrogens with one attached hydrogen (secondary N) is 1. The summed E-state index contributed by atoms with van der Waals surface area (Å²) in [5.74, 6) is 0.656. The Morgan fingerprint density at radius 2 is 2.04 bits per heavy atom. The van der Waals surface area contributed by atoms with Gasteiger partial charge in [-0.3, -0.25) is 14.2 Å². The molecule has 1 atom stereocenters. The molecule has 2 heterocycles. The first kappa shape index (κ1) is 19.4. The molecule has 5 nitrogen and oxygen atoms in total. The maximum absolute atomic E-state index is 13.0. The third kappa shape index (κ3) is 3.83. The van der Waals surface area contributed by atoms with Crippen molar-refractivity contribution in [3.63, 3.8) is 0 Å². The van der Waals surface area contributed by atoms with Gasteiger partial charge in [-0.1, -0.05) is 25.6 Å². The zero-order valence-corrected chi connectivity index (χ0v) is 17.6. The van der Waals surface area contributed by atoms with Gasteiger partial charge in [-0.25, -0.2) is 4.98 Å². The largest absolute Gasteiger partial charge is 0.353 e. The van der Waals surface area contributed by atoms with Gasteiger partial charge in [0.2, 0.25) is 5.91 Å². The highest BCUT2D eigenvalue weighted by Crippen LogP contribution is 2.34. The molecule has 1 aliphatic carbocycles. The summed E-state index contributed by atoms with van der Waals surface area (Å²) in [5.41, 5.74) is 1.27. The van der Waals surface area contributed by atoms with Crippen molar-refractivity contribution >= 4 is 39.2 Å². The normalized spacial score (nSPS) is 15.3. The van der Waals surface area contributed by atoms with E-state index in [1.165, 1.54) is 28.6 Å². The Balaban J connectivity index is 1.87. The Morgan fingerprint density at radius 1 is 1.31 bits per heavy atom. The minimum Gasteiger partial charge on any atom is -0.353 e. The van der Waals surface area contributed by atoms with E-state index >= 15 is 0 Å². The van der Waals surface area contributed by atoms with E-state index in [1.807, 2.05) is 13.8 Å². The highest BCUT2D eigenvalue weighted by molar-refractivity contribution is 7.99. The number of aromatic nitrogens is 2. The van der Waals surface area contributed by atoms with E-state index in [0.717, 1.165) is 29.5 Å². The summed E-state index contributed by atoms with van der Waals surface area (Å²) in [6.07, 6.45) is 4.38. The maximum atomic E-state index is 13.0. The van der Waals surface area contributed by atoms with Gasteiger partial charge in [0.25, 0.3) is 5.56 Å². The number of thiophene rings is 1. The van der Waals surface area contributed by atoms with Crippen LogP contribution in [-0.2, 0) is 24.2 Å². The van der Waals surface area contributed by atoms with E-state index in [-0.39, 0.29) is 23.3 Å². The van der Waals surface area contributed by atoms with Crippen LogP contribution >= 0.6 is 23.1 Å². The molecule has 0 saturated heterocycles. The number of amides is 1. The molecule has 7 heteroatoms. The number of carbonyl (C=O) groups is 1. The van der Waals surface area contributed by atoms with Crippen LogP contribution in [0, 0.1) is 5.92 Å². The summed E-state index contributed by atoms with van der Waals surface area (Å²) in [4.78, 5) is 32.2. The van der Waals surface area contributed by atoms with Gasteiger partial charge in [0, 0.05) is 17.5 Å². The van der Waals surface area contributed by atoms with E-state index in [0.29, 0.717) is 17.6 Å². The fourth-order valence-corrected chi connectivity index (χ4v) is 5.38. The average molecular weight is 394 g/mol. The van der Waals surface area contributed by atoms with Crippen molar-refractivity contribution in [1.29, 1.82) is 0 Å². The van der Waals surface area contributed by atoms with Gasteiger partial charge < -0.3 is 5.32 Å². The Hall–Kier alpha value is -1.34. The number of hydrogen-bond acceptors (Lipinski definition) is 5. The lowest BCUT2D eigenvalue weighted by Gasteiger charge is -2.17. The van der Waals surface area contributed by atoms with E-state index in [4.69, 9.17) is 4.98 Å². The highest BCUT2D eigenvalue weighted by Gasteiger charge is 2.22.